The van der Waals surface area contributed by atoms with Gasteiger partial charge in [-0.2, -0.15) is 4.72 Å². The molecule has 2 N–H and O–H groups in total. The molecule has 23 heavy (non-hydrogen) atoms. The topological polar surface area (TPSA) is 110 Å². The Morgan fingerprint density at radius 3 is 2.48 bits per heavy atom. The summed E-state index contributed by atoms with van der Waals surface area (Å²) in [5.41, 5.74) is 0.0884. The number of sulfonamides is 1. The first kappa shape index (κ1) is 19.1. The van der Waals surface area contributed by atoms with E-state index < -0.39 is 28.0 Å². The lowest BCUT2D eigenvalue weighted by Gasteiger charge is -2.16. The van der Waals surface area contributed by atoms with E-state index in [2.05, 4.69) is 4.72 Å². The number of carboxylic acids is 1. The summed E-state index contributed by atoms with van der Waals surface area (Å²) in [6, 6.07) is 4.05. The molecule has 0 bridgehead atoms. The first-order chi connectivity index (χ1) is 10.7. The van der Waals surface area contributed by atoms with Crippen molar-refractivity contribution >= 4 is 22.0 Å². The van der Waals surface area contributed by atoms with E-state index in [0.717, 1.165) is 6.07 Å². The zero-order chi connectivity index (χ0) is 17.6. The summed E-state index contributed by atoms with van der Waals surface area (Å²) in [4.78, 5) is 22.7. The fourth-order valence-electron chi connectivity index (χ4n) is 1.93. The second-order valence-electron chi connectivity index (χ2n) is 5.39. The third-order valence-corrected chi connectivity index (χ3v) is 4.43. The molecule has 1 aromatic carbocycles. The van der Waals surface area contributed by atoms with Gasteiger partial charge >= 0.3 is 11.9 Å². The predicted octanol–water partition coefficient (Wildman–Crippen LogP) is 1.64. The highest BCUT2D eigenvalue weighted by atomic mass is 32.2. The van der Waals surface area contributed by atoms with Crippen molar-refractivity contribution < 1.29 is 27.9 Å². The molecule has 0 radical (unpaired) electrons. The third kappa shape index (κ3) is 5.65. The molecule has 0 fully saturated rings. The van der Waals surface area contributed by atoms with Crippen LogP contribution in [0.2, 0.25) is 0 Å². The lowest BCUT2D eigenvalue weighted by Crippen LogP contribution is -2.41. The monoisotopic (exact) mass is 343 g/mol. The fourth-order valence-corrected chi connectivity index (χ4v) is 3.18. The van der Waals surface area contributed by atoms with Crippen molar-refractivity contribution in [3.63, 3.8) is 0 Å². The Bertz CT molecular complexity index is 668. The van der Waals surface area contributed by atoms with Gasteiger partial charge in [0, 0.05) is 0 Å². The highest BCUT2D eigenvalue weighted by Crippen LogP contribution is 2.15. The van der Waals surface area contributed by atoms with Gasteiger partial charge in [0.25, 0.3) is 0 Å². The van der Waals surface area contributed by atoms with Crippen LogP contribution in [0.25, 0.3) is 0 Å². The van der Waals surface area contributed by atoms with Crippen molar-refractivity contribution in [1.82, 2.24) is 4.72 Å². The van der Waals surface area contributed by atoms with E-state index in [9.17, 15) is 18.0 Å². The number of aliphatic carboxylic acids is 1. The lowest BCUT2D eigenvalue weighted by molar-refractivity contribution is -0.139. The Morgan fingerprint density at radius 1 is 1.30 bits per heavy atom. The van der Waals surface area contributed by atoms with Gasteiger partial charge in [-0.15, -0.1) is 0 Å². The number of carboxylic acid groups (broad SMARTS) is 1. The van der Waals surface area contributed by atoms with E-state index in [1.165, 1.54) is 18.2 Å². The number of nitrogens with one attached hydrogen (secondary N) is 1. The molecule has 0 amide bonds. The first-order valence-corrected chi connectivity index (χ1v) is 8.68. The fraction of sp³-hybridized carbons (Fsp3) is 0.467. The second kappa shape index (κ2) is 8.07. The first-order valence-electron chi connectivity index (χ1n) is 7.19. The zero-order valence-electron chi connectivity index (χ0n) is 13.3. The average molecular weight is 343 g/mol. The van der Waals surface area contributed by atoms with Crippen LogP contribution < -0.4 is 4.72 Å². The number of rotatable bonds is 8. The molecular formula is C15H21NO6S. The number of hydrogen-bond acceptors (Lipinski definition) is 5. The van der Waals surface area contributed by atoms with Crippen LogP contribution in [0.3, 0.4) is 0 Å². The number of esters is 1. The Labute approximate surface area is 135 Å². The number of hydrogen-bond donors (Lipinski definition) is 2. The smallest absolute Gasteiger partial charge is 0.338 e. The highest BCUT2D eigenvalue weighted by molar-refractivity contribution is 7.89. The maximum Gasteiger partial charge on any atom is 0.338 e. The lowest BCUT2D eigenvalue weighted by atomic mass is 10.1. The third-order valence-electron chi connectivity index (χ3n) is 2.96. The SMILES string of the molecule is CCOC(=O)c1cccc(S(=O)(=O)N[C@@H](CC(C)C)C(=O)O)c1. The van der Waals surface area contributed by atoms with Gasteiger partial charge < -0.3 is 9.84 Å². The molecule has 0 spiro atoms. The van der Waals surface area contributed by atoms with E-state index in [0.29, 0.717) is 0 Å². The second-order valence-corrected chi connectivity index (χ2v) is 7.10. The van der Waals surface area contributed by atoms with Gasteiger partial charge in [0.05, 0.1) is 17.1 Å². The van der Waals surface area contributed by atoms with Gasteiger partial charge in [-0.1, -0.05) is 19.9 Å². The maximum absolute atomic E-state index is 12.3. The van der Waals surface area contributed by atoms with E-state index in [1.807, 2.05) is 0 Å². The summed E-state index contributed by atoms with van der Waals surface area (Å²) in [5, 5.41) is 9.14. The van der Waals surface area contributed by atoms with Crippen molar-refractivity contribution in [2.45, 2.75) is 38.1 Å². The minimum atomic E-state index is -4.06. The van der Waals surface area contributed by atoms with E-state index in [1.54, 1.807) is 20.8 Å². The maximum atomic E-state index is 12.3. The quantitative estimate of drug-likeness (QED) is 0.694. The Morgan fingerprint density at radius 2 is 1.96 bits per heavy atom. The van der Waals surface area contributed by atoms with Gasteiger partial charge in [0.1, 0.15) is 6.04 Å². The molecule has 1 atom stereocenters. The van der Waals surface area contributed by atoms with Crippen LogP contribution in [0, 0.1) is 5.92 Å². The van der Waals surface area contributed by atoms with Crippen molar-refractivity contribution in [2.75, 3.05) is 6.61 Å². The molecule has 0 aliphatic rings. The summed E-state index contributed by atoms with van der Waals surface area (Å²) >= 11 is 0. The van der Waals surface area contributed by atoms with Crippen LogP contribution in [-0.4, -0.2) is 38.1 Å². The van der Waals surface area contributed by atoms with Crippen LogP contribution in [0.1, 0.15) is 37.6 Å². The van der Waals surface area contributed by atoms with E-state index in [-0.39, 0.29) is 29.4 Å². The number of carbonyl (C=O) groups excluding carboxylic acids is 1. The van der Waals surface area contributed by atoms with Crippen LogP contribution in [0.4, 0.5) is 0 Å². The molecule has 1 rings (SSSR count). The largest absolute Gasteiger partial charge is 0.480 e. The molecule has 0 heterocycles. The summed E-state index contributed by atoms with van der Waals surface area (Å²) < 4.78 is 31.6. The van der Waals surface area contributed by atoms with Gasteiger partial charge in [0.15, 0.2) is 0 Å². The van der Waals surface area contributed by atoms with Gasteiger partial charge in [0.2, 0.25) is 10.0 Å². The number of ether oxygens (including phenoxy) is 1. The van der Waals surface area contributed by atoms with Crippen molar-refractivity contribution in [2.24, 2.45) is 5.92 Å². The molecule has 1 aromatic rings. The molecule has 8 heteroatoms. The average Bonchev–Trinajstić information content (AvgIpc) is 2.46. The molecule has 128 valence electrons. The molecular weight excluding hydrogens is 322 g/mol. The van der Waals surface area contributed by atoms with E-state index >= 15 is 0 Å². The van der Waals surface area contributed by atoms with Crippen LogP contribution in [0.15, 0.2) is 29.2 Å². The van der Waals surface area contributed by atoms with Crippen LogP contribution in [-0.2, 0) is 19.6 Å². The molecule has 7 nitrogen and oxygen atoms in total. The van der Waals surface area contributed by atoms with Crippen LogP contribution in [0.5, 0.6) is 0 Å². The molecule has 0 aliphatic carbocycles. The summed E-state index contributed by atoms with van der Waals surface area (Å²) in [6.45, 7) is 5.41. The van der Waals surface area contributed by atoms with Gasteiger partial charge in [-0.25, -0.2) is 13.2 Å². The van der Waals surface area contributed by atoms with Crippen molar-refractivity contribution in [3.05, 3.63) is 29.8 Å². The van der Waals surface area contributed by atoms with Crippen LogP contribution >= 0.6 is 0 Å². The summed E-state index contributed by atoms with van der Waals surface area (Å²) in [6.07, 6.45) is 0.159. The molecule has 0 aromatic heterocycles. The van der Waals surface area contributed by atoms with Crippen molar-refractivity contribution in [1.29, 1.82) is 0 Å². The molecule has 0 unspecified atom stereocenters. The zero-order valence-corrected chi connectivity index (χ0v) is 14.1. The molecule has 0 saturated heterocycles. The molecule has 0 saturated carbocycles. The Hall–Kier alpha value is -1.93. The summed E-state index contributed by atoms with van der Waals surface area (Å²) in [5.74, 6) is -1.88. The van der Waals surface area contributed by atoms with Gasteiger partial charge in [-0.05, 0) is 37.5 Å². The van der Waals surface area contributed by atoms with Gasteiger partial charge in [-0.3, -0.25) is 4.79 Å². The predicted molar refractivity (Wildman–Crippen MR) is 83.6 cm³/mol. The van der Waals surface area contributed by atoms with Crippen molar-refractivity contribution in [3.8, 4) is 0 Å². The highest BCUT2D eigenvalue weighted by Gasteiger charge is 2.26. The standard InChI is InChI=1S/C15H21NO6S/c1-4-22-15(19)11-6-5-7-12(9-11)23(20,21)16-13(14(17)18)8-10(2)3/h5-7,9-10,13,16H,4,8H2,1-3H3,(H,17,18)/t13-/m0/s1. The Balaban J connectivity index is 3.05. The number of benzene rings is 1. The minimum Gasteiger partial charge on any atom is -0.480 e. The Kier molecular flexibility index (Phi) is 6.71. The molecule has 0 aliphatic heterocycles. The summed E-state index contributed by atoms with van der Waals surface area (Å²) in [7, 11) is -4.06. The minimum absolute atomic E-state index is 0.00432. The van der Waals surface area contributed by atoms with E-state index in [4.69, 9.17) is 9.84 Å². The number of carbonyl (C=O) groups is 2. The normalized spacial score (nSPS) is 12.9.